The van der Waals surface area contributed by atoms with E-state index in [2.05, 4.69) is 6.92 Å². The average Bonchev–Trinajstić information content (AvgIpc) is 2.45. The van der Waals surface area contributed by atoms with Gasteiger partial charge in [0.15, 0.2) is 0 Å². The molecule has 2 unspecified atom stereocenters. The molecular weight excluding hydrogens is 272 g/mol. The summed E-state index contributed by atoms with van der Waals surface area (Å²) in [6, 6.07) is 3.66. The minimum absolute atomic E-state index is 0.0549. The number of carbonyl (C=O) groups is 1. The highest BCUT2D eigenvalue weighted by Gasteiger charge is 2.29. The van der Waals surface area contributed by atoms with Gasteiger partial charge in [-0.1, -0.05) is 19.8 Å². The molecule has 1 aromatic rings. The van der Waals surface area contributed by atoms with Crippen LogP contribution in [0, 0.1) is 16.0 Å². The second-order valence-corrected chi connectivity index (χ2v) is 5.80. The smallest absolute Gasteiger partial charge is 0.282 e. The maximum atomic E-state index is 12.5. The van der Waals surface area contributed by atoms with Gasteiger partial charge >= 0.3 is 0 Å². The Bertz CT molecular complexity index is 559. The number of hydrogen-bond acceptors (Lipinski definition) is 4. The van der Waals surface area contributed by atoms with E-state index < -0.39 is 10.8 Å². The molecule has 21 heavy (non-hydrogen) atoms. The van der Waals surface area contributed by atoms with Gasteiger partial charge in [-0.25, -0.2) is 0 Å². The van der Waals surface area contributed by atoms with Crippen molar-refractivity contribution in [2.75, 3.05) is 7.05 Å². The van der Waals surface area contributed by atoms with Crippen LogP contribution in [0.5, 0.6) is 5.75 Å². The molecule has 6 nitrogen and oxygen atoms in total. The zero-order chi connectivity index (χ0) is 15.6. The Morgan fingerprint density at radius 2 is 2.14 bits per heavy atom. The number of hydrogen-bond donors (Lipinski definition) is 1. The number of amides is 1. The molecule has 1 aromatic carbocycles. The highest BCUT2D eigenvalue weighted by molar-refractivity contribution is 5.98. The largest absolute Gasteiger partial charge is 0.508 e. The van der Waals surface area contributed by atoms with Crippen molar-refractivity contribution in [3.8, 4) is 5.75 Å². The third-order valence-electron chi connectivity index (χ3n) is 4.18. The van der Waals surface area contributed by atoms with E-state index in [4.69, 9.17) is 0 Å². The van der Waals surface area contributed by atoms with Crippen LogP contribution >= 0.6 is 0 Å². The molecule has 0 radical (unpaired) electrons. The summed E-state index contributed by atoms with van der Waals surface area (Å²) in [4.78, 5) is 24.6. The molecule has 1 aliphatic carbocycles. The Kier molecular flexibility index (Phi) is 4.45. The van der Waals surface area contributed by atoms with E-state index in [1.165, 1.54) is 18.2 Å². The van der Waals surface area contributed by atoms with E-state index in [-0.39, 0.29) is 23.0 Å². The van der Waals surface area contributed by atoms with Gasteiger partial charge in [-0.3, -0.25) is 14.9 Å². The second kappa shape index (κ2) is 6.11. The lowest BCUT2D eigenvalue weighted by atomic mass is 9.86. The van der Waals surface area contributed by atoms with Gasteiger partial charge in [0.2, 0.25) is 0 Å². The first kappa shape index (κ1) is 15.3. The van der Waals surface area contributed by atoms with E-state index in [0.717, 1.165) is 25.7 Å². The van der Waals surface area contributed by atoms with Crippen molar-refractivity contribution < 1.29 is 14.8 Å². The Labute approximate surface area is 123 Å². The number of benzene rings is 1. The third-order valence-corrected chi connectivity index (χ3v) is 4.18. The molecule has 114 valence electrons. The minimum atomic E-state index is -0.593. The van der Waals surface area contributed by atoms with Crippen LogP contribution in [-0.4, -0.2) is 33.9 Å². The molecule has 6 heteroatoms. The number of nitrogens with zero attached hydrogens (tertiary/aromatic N) is 2. The summed E-state index contributed by atoms with van der Waals surface area (Å²) < 4.78 is 0. The summed E-state index contributed by atoms with van der Waals surface area (Å²) in [5, 5.41) is 20.6. The number of phenolic OH excluding ortho intramolecular Hbond substituents is 1. The first-order valence-electron chi connectivity index (χ1n) is 7.14. The zero-order valence-corrected chi connectivity index (χ0v) is 12.3. The molecular formula is C15H20N2O4. The summed E-state index contributed by atoms with van der Waals surface area (Å²) in [5.41, 5.74) is -0.325. The SMILES string of the molecule is CC1CCCC(N(C)C(=O)c2cc(O)ccc2[N+](=O)[O-])C1. The topological polar surface area (TPSA) is 83.7 Å². The minimum Gasteiger partial charge on any atom is -0.508 e. The average molecular weight is 292 g/mol. The highest BCUT2D eigenvalue weighted by Crippen LogP contribution is 2.30. The van der Waals surface area contributed by atoms with Crippen LogP contribution in [0.15, 0.2) is 18.2 Å². The van der Waals surface area contributed by atoms with Crippen molar-refractivity contribution in [1.29, 1.82) is 0 Å². The van der Waals surface area contributed by atoms with Gasteiger partial charge in [0, 0.05) is 19.2 Å². The summed E-state index contributed by atoms with van der Waals surface area (Å²) in [6.45, 7) is 2.15. The molecule has 1 fully saturated rings. The normalized spacial score (nSPS) is 21.8. The lowest BCUT2D eigenvalue weighted by Crippen LogP contribution is -2.40. The lowest BCUT2D eigenvalue weighted by Gasteiger charge is -2.34. The first-order chi connectivity index (χ1) is 9.90. The predicted molar refractivity (Wildman–Crippen MR) is 78.3 cm³/mol. The summed E-state index contributed by atoms with van der Waals surface area (Å²) in [6.07, 6.45) is 4.05. The van der Waals surface area contributed by atoms with Gasteiger partial charge in [0.1, 0.15) is 11.3 Å². The van der Waals surface area contributed by atoms with Crippen LogP contribution < -0.4 is 0 Å². The van der Waals surface area contributed by atoms with Crippen molar-refractivity contribution in [2.45, 2.75) is 38.6 Å². The highest BCUT2D eigenvalue weighted by atomic mass is 16.6. The molecule has 0 bridgehead atoms. The van der Waals surface area contributed by atoms with Gasteiger partial charge in [0.25, 0.3) is 11.6 Å². The number of nitro benzene ring substituents is 1. The van der Waals surface area contributed by atoms with Gasteiger partial charge in [-0.15, -0.1) is 0 Å². The molecule has 1 saturated carbocycles. The molecule has 2 rings (SSSR count). The van der Waals surface area contributed by atoms with E-state index in [1.807, 2.05) is 0 Å². The van der Waals surface area contributed by atoms with Crippen molar-refractivity contribution in [3.63, 3.8) is 0 Å². The van der Waals surface area contributed by atoms with Gasteiger partial charge in [0.05, 0.1) is 4.92 Å². The molecule has 0 spiro atoms. The Balaban J connectivity index is 2.26. The van der Waals surface area contributed by atoms with E-state index >= 15 is 0 Å². The molecule has 0 aliphatic heterocycles. The van der Waals surface area contributed by atoms with Gasteiger partial charge in [-0.05, 0) is 30.9 Å². The van der Waals surface area contributed by atoms with Crippen molar-refractivity contribution in [3.05, 3.63) is 33.9 Å². The summed E-state index contributed by atoms with van der Waals surface area (Å²) >= 11 is 0. The van der Waals surface area contributed by atoms with Crippen molar-refractivity contribution in [1.82, 2.24) is 4.90 Å². The van der Waals surface area contributed by atoms with Gasteiger partial charge in [-0.2, -0.15) is 0 Å². The van der Waals surface area contributed by atoms with Crippen LogP contribution in [0.1, 0.15) is 43.0 Å². The predicted octanol–water partition coefficient (Wildman–Crippen LogP) is 2.95. The van der Waals surface area contributed by atoms with E-state index in [9.17, 15) is 20.0 Å². The number of rotatable bonds is 3. The van der Waals surface area contributed by atoms with Crippen molar-refractivity contribution in [2.24, 2.45) is 5.92 Å². The van der Waals surface area contributed by atoms with Crippen LogP contribution in [0.25, 0.3) is 0 Å². The fourth-order valence-electron chi connectivity index (χ4n) is 2.96. The maximum absolute atomic E-state index is 12.5. The Morgan fingerprint density at radius 1 is 1.43 bits per heavy atom. The Hall–Kier alpha value is -2.11. The number of carbonyl (C=O) groups excluding carboxylic acids is 1. The lowest BCUT2D eigenvalue weighted by molar-refractivity contribution is -0.385. The molecule has 0 heterocycles. The molecule has 0 aromatic heterocycles. The Morgan fingerprint density at radius 3 is 2.76 bits per heavy atom. The zero-order valence-electron chi connectivity index (χ0n) is 12.3. The maximum Gasteiger partial charge on any atom is 0.282 e. The van der Waals surface area contributed by atoms with Gasteiger partial charge < -0.3 is 10.0 Å². The monoisotopic (exact) mass is 292 g/mol. The first-order valence-corrected chi connectivity index (χ1v) is 7.14. The summed E-state index contributed by atoms with van der Waals surface area (Å²) in [5.74, 6) is 0.00391. The van der Waals surface area contributed by atoms with Crippen LogP contribution in [0.2, 0.25) is 0 Å². The quantitative estimate of drug-likeness (QED) is 0.685. The molecule has 2 atom stereocenters. The fraction of sp³-hybridized carbons (Fsp3) is 0.533. The fourth-order valence-corrected chi connectivity index (χ4v) is 2.96. The van der Waals surface area contributed by atoms with Crippen LogP contribution in [0.4, 0.5) is 5.69 Å². The standard InChI is InChI=1S/C15H20N2O4/c1-10-4-3-5-11(8-10)16(2)15(19)13-9-12(18)6-7-14(13)17(20)21/h6-7,9-11,18H,3-5,8H2,1-2H3. The number of nitro groups is 1. The number of aromatic hydroxyl groups is 1. The summed E-state index contributed by atoms with van der Waals surface area (Å²) in [7, 11) is 1.68. The number of phenols is 1. The van der Waals surface area contributed by atoms with E-state index in [0.29, 0.717) is 5.92 Å². The van der Waals surface area contributed by atoms with Crippen molar-refractivity contribution >= 4 is 11.6 Å². The van der Waals surface area contributed by atoms with Crippen LogP contribution in [-0.2, 0) is 0 Å². The van der Waals surface area contributed by atoms with Crippen LogP contribution in [0.3, 0.4) is 0 Å². The molecule has 1 N–H and O–H groups in total. The van der Waals surface area contributed by atoms with E-state index in [1.54, 1.807) is 11.9 Å². The third kappa shape index (κ3) is 3.32. The second-order valence-electron chi connectivity index (χ2n) is 5.80. The molecule has 1 aliphatic rings. The molecule has 1 amide bonds. The molecule has 0 saturated heterocycles.